The first-order valence-corrected chi connectivity index (χ1v) is 5.62. The molecule has 11 heavy (non-hydrogen) atoms. The second-order valence-corrected chi connectivity index (χ2v) is 6.09. The molecule has 68 valence electrons. The standard InChI is InChI=1S/C8H20N2Se/c1-7(2,3)9-11-10-8(4,5)6/h9-10H,1-6H3. The van der Waals surface area contributed by atoms with Gasteiger partial charge in [-0.3, -0.25) is 0 Å². The van der Waals surface area contributed by atoms with Crippen molar-refractivity contribution in [3.8, 4) is 0 Å². The van der Waals surface area contributed by atoms with Gasteiger partial charge in [-0.25, -0.2) is 0 Å². The fourth-order valence-electron chi connectivity index (χ4n) is 0.332. The zero-order valence-electron chi connectivity index (χ0n) is 8.41. The van der Waals surface area contributed by atoms with Crippen LogP contribution in [0.15, 0.2) is 0 Å². The maximum absolute atomic E-state index is 3.43. The Morgan fingerprint density at radius 3 is 1.18 bits per heavy atom. The zero-order valence-corrected chi connectivity index (χ0v) is 10.1. The third-order valence-electron chi connectivity index (χ3n) is 0.714. The first-order valence-electron chi connectivity index (χ1n) is 3.91. The Morgan fingerprint density at radius 2 is 1.00 bits per heavy atom. The number of hydrogen-bond acceptors (Lipinski definition) is 2. The van der Waals surface area contributed by atoms with E-state index in [1.807, 2.05) is 0 Å². The van der Waals surface area contributed by atoms with Gasteiger partial charge in [-0.05, 0) is 0 Å². The third-order valence-corrected chi connectivity index (χ3v) is 3.71. The molecule has 2 N–H and O–H groups in total. The molecule has 0 aromatic heterocycles. The predicted octanol–water partition coefficient (Wildman–Crippen LogP) is 1.30. The molecule has 0 aliphatic carbocycles. The fourth-order valence-corrected chi connectivity index (χ4v) is 1.72. The summed E-state index contributed by atoms with van der Waals surface area (Å²) in [4.78, 5) is 0. The molecule has 3 heteroatoms. The van der Waals surface area contributed by atoms with Gasteiger partial charge in [0.1, 0.15) is 0 Å². The van der Waals surface area contributed by atoms with Crippen molar-refractivity contribution in [1.29, 1.82) is 0 Å². The van der Waals surface area contributed by atoms with Gasteiger partial charge in [-0.2, -0.15) is 0 Å². The van der Waals surface area contributed by atoms with Gasteiger partial charge in [0.25, 0.3) is 0 Å². The van der Waals surface area contributed by atoms with E-state index < -0.39 is 0 Å². The van der Waals surface area contributed by atoms with Crippen LogP contribution in [0.3, 0.4) is 0 Å². The minimum atomic E-state index is 0.234. The fraction of sp³-hybridized carbons (Fsp3) is 1.00. The summed E-state index contributed by atoms with van der Waals surface area (Å²) in [5.41, 5.74) is 0.469. The summed E-state index contributed by atoms with van der Waals surface area (Å²) in [6.45, 7) is 13.1. The van der Waals surface area contributed by atoms with Gasteiger partial charge in [0.15, 0.2) is 0 Å². The molecule has 0 amide bonds. The monoisotopic (exact) mass is 224 g/mol. The molecule has 0 aromatic carbocycles. The Morgan fingerprint density at radius 1 is 0.727 bits per heavy atom. The Balaban J connectivity index is 3.44. The molecule has 0 bridgehead atoms. The molecule has 0 saturated heterocycles. The molecule has 2 nitrogen and oxygen atoms in total. The van der Waals surface area contributed by atoms with E-state index in [0.29, 0.717) is 15.4 Å². The van der Waals surface area contributed by atoms with Crippen molar-refractivity contribution in [3.05, 3.63) is 0 Å². The van der Waals surface area contributed by atoms with Gasteiger partial charge in [-0.1, -0.05) is 0 Å². The van der Waals surface area contributed by atoms with Crippen LogP contribution in [0.1, 0.15) is 41.5 Å². The molecule has 0 fully saturated rings. The van der Waals surface area contributed by atoms with Crippen molar-refractivity contribution in [2.45, 2.75) is 52.6 Å². The van der Waals surface area contributed by atoms with E-state index >= 15 is 0 Å². The van der Waals surface area contributed by atoms with Crippen molar-refractivity contribution in [2.75, 3.05) is 0 Å². The Labute approximate surface area is 77.1 Å². The molecule has 0 saturated carbocycles. The minimum absolute atomic E-state index is 0.234. The van der Waals surface area contributed by atoms with Crippen LogP contribution in [0.25, 0.3) is 0 Å². The van der Waals surface area contributed by atoms with Gasteiger partial charge >= 0.3 is 76.7 Å². The average molecular weight is 223 g/mol. The Bertz CT molecular complexity index is 96.2. The van der Waals surface area contributed by atoms with Crippen LogP contribution in [-0.2, 0) is 0 Å². The second-order valence-electron chi connectivity index (χ2n) is 4.81. The molecular weight excluding hydrogens is 203 g/mol. The van der Waals surface area contributed by atoms with E-state index in [0.717, 1.165) is 0 Å². The summed E-state index contributed by atoms with van der Waals surface area (Å²) in [5, 5.41) is 0. The molecule has 0 aliphatic rings. The molecule has 0 rings (SSSR count). The first kappa shape index (κ1) is 11.4. The van der Waals surface area contributed by atoms with Crippen molar-refractivity contribution >= 4 is 15.4 Å². The van der Waals surface area contributed by atoms with Gasteiger partial charge < -0.3 is 0 Å². The molecule has 0 radical (unpaired) electrons. The number of hydrogen-bond donors (Lipinski definition) is 2. The van der Waals surface area contributed by atoms with E-state index in [-0.39, 0.29) is 11.1 Å². The summed E-state index contributed by atoms with van der Waals surface area (Å²) in [6.07, 6.45) is 0. The van der Waals surface area contributed by atoms with Crippen LogP contribution in [-0.4, -0.2) is 26.5 Å². The van der Waals surface area contributed by atoms with E-state index in [1.165, 1.54) is 0 Å². The SMILES string of the molecule is CC(C)(C)N[Se]NC(C)(C)C. The summed E-state index contributed by atoms with van der Waals surface area (Å²) >= 11 is 0.344. The second kappa shape index (κ2) is 3.90. The van der Waals surface area contributed by atoms with Crippen LogP contribution in [0.2, 0.25) is 0 Å². The molecule has 0 atom stereocenters. The van der Waals surface area contributed by atoms with Crippen LogP contribution < -0.4 is 8.67 Å². The molecule has 0 unspecified atom stereocenters. The Hall–Kier alpha value is 0.439. The summed E-state index contributed by atoms with van der Waals surface area (Å²) in [7, 11) is 0. The van der Waals surface area contributed by atoms with E-state index in [9.17, 15) is 0 Å². The van der Waals surface area contributed by atoms with Crippen LogP contribution in [0.5, 0.6) is 0 Å². The summed E-state index contributed by atoms with van der Waals surface area (Å²) in [6, 6.07) is 0. The third kappa shape index (κ3) is 10.4. The van der Waals surface area contributed by atoms with Crippen LogP contribution in [0.4, 0.5) is 0 Å². The zero-order chi connectivity index (χ0) is 9.12. The van der Waals surface area contributed by atoms with E-state index in [4.69, 9.17) is 0 Å². The van der Waals surface area contributed by atoms with Gasteiger partial charge in [0.05, 0.1) is 0 Å². The molecule has 0 aromatic rings. The van der Waals surface area contributed by atoms with Gasteiger partial charge in [-0.15, -0.1) is 0 Å². The average Bonchev–Trinajstić information content (AvgIpc) is 1.55. The number of rotatable bonds is 2. The van der Waals surface area contributed by atoms with Gasteiger partial charge in [0, 0.05) is 0 Å². The molecule has 0 aliphatic heterocycles. The van der Waals surface area contributed by atoms with E-state index in [1.54, 1.807) is 0 Å². The number of nitrogens with one attached hydrogen (secondary N) is 2. The van der Waals surface area contributed by atoms with Crippen LogP contribution >= 0.6 is 0 Å². The van der Waals surface area contributed by atoms with Crippen LogP contribution in [0, 0.1) is 0 Å². The van der Waals surface area contributed by atoms with Crippen molar-refractivity contribution in [2.24, 2.45) is 0 Å². The first-order chi connectivity index (χ1) is 4.71. The quantitative estimate of drug-likeness (QED) is 0.689. The molecule has 0 heterocycles. The molecule has 0 spiro atoms. The topological polar surface area (TPSA) is 24.1 Å². The van der Waals surface area contributed by atoms with E-state index in [2.05, 4.69) is 50.2 Å². The predicted molar refractivity (Wildman–Crippen MR) is 51.5 cm³/mol. The van der Waals surface area contributed by atoms with Crippen molar-refractivity contribution in [3.63, 3.8) is 0 Å². The maximum atomic E-state index is 3.43. The van der Waals surface area contributed by atoms with Gasteiger partial charge in [0.2, 0.25) is 0 Å². The summed E-state index contributed by atoms with van der Waals surface area (Å²) in [5.74, 6) is 0. The van der Waals surface area contributed by atoms with Crippen molar-refractivity contribution < 1.29 is 0 Å². The Kier molecular flexibility index (Phi) is 4.06. The van der Waals surface area contributed by atoms with Crippen molar-refractivity contribution in [1.82, 2.24) is 8.67 Å². The summed E-state index contributed by atoms with van der Waals surface area (Å²) < 4.78 is 6.86. The normalized spacial score (nSPS) is 13.6. The molecular formula is C8H20N2Se.